The highest BCUT2D eigenvalue weighted by Gasteiger charge is 2.37. The molecule has 0 bridgehead atoms. The van der Waals surface area contributed by atoms with E-state index >= 15 is 0 Å². The Morgan fingerprint density at radius 2 is 1.18 bits per heavy atom. The third-order valence-corrected chi connectivity index (χ3v) is 4.19. The summed E-state index contributed by atoms with van der Waals surface area (Å²) in [6, 6.07) is 28.9. The molecule has 6 heteroatoms. The predicted octanol–water partition coefficient (Wildman–Crippen LogP) is 4.67. The van der Waals surface area contributed by atoms with Gasteiger partial charge >= 0.3 is 0 Å². The normalized spacial score (nSPS) is 18.9. The molecule has 0 unspecified atom stereocenters. The Hall–Kier alpha value is -3.93. The second-order valence-corrected chi connectivity index (χ2v) is 6.15. The number of benzene rings is 3. The van der Waals surface area contributed by atoms with Gasteiger partial charge in [-0.2, -0.15) is 10.2 Å². The first kappa shape index (κ1) is 17.5. The fourth-order valence-electron chi connectivity index (χ4n) is 2.81. The smallest absolute Gasteiger partial charge is 0.237 e. The topological polar surface area (TPSA) is 81.9 Å². The van der Waals surface area contributed by atoms with Crippen molar-refractivity contribution in [3.05, 3.63) is 96.6 Å². The molecular weight excluding hydrogens is 350 g/mol. The number of hydrogen-bond acceptors (Lipinski definition) is 6. The quantitative estimate of drug-likeness (QED) is 0.572. The predicted molar refractivity (Wildman–Crippen MR) is 113 cm³/mol. The molecule has 1 aliphatic heterocycles. The lowest BCUT2D eigenvalue weighted by Crippen LogP contribution is -2.19. The molecule has 0 aromatic heterocycles. The van der Waals surface area contributed by atoms with Crippen molar-refractivity contribution in [2.24, 2.45) is 10.2 Å². The molecule has 0 amide bonds. The number of ether oxygens (including phenoxy) is 1. The van der Waals surface area contributed by atoms with Crippen molar-refractivity contribution in [1.82, 2.24) is 0 Å². The fourth-order valence-corrected chi connectivity index (χ4v) is 2.81. The van der Waals surface area contributed by atoms with Crippen LogP contribution in [0.15, 0.2) is 101 Å². The summed E-state index contributed by atoms with van der Waals surface area (Å²) in [7, 11) is 0. The Bertz CT molecular complexity index is 1000. The summed E-state index contributed by atoms with van der Waals surface area (Å²) in [5.74, 6) is -0.0223. The number of nitrogens with one attached hydrogen (secondary N) is 3. The van der Waals surface area contributed by atoms with Crippen molar-refractivity contribution in [2.75, 3.05) is 10.9 Å². The van der Waals surface area contributed by atoms with E-state index < -0.39 is 6.10 Å². The number of anilines is 2. The van der Waals surface area contributed by atoms with E-state index in [4.69, 9.17) is 10.1 Å². The van der Waals surface area contributed by atoms with E-state index in [-0.39, 0.29) is 5.90 Å². The summed E-state index contributed by atoms with van der Waals surface area (Å²) < 4.78 is 5.79. The van der Waals surface area contributed by atoms with Gasteiger partial charge in [0, 0.05) is 0 Å². The Kier molecular flexibility index (Phi) is 5.11. The zero-order chi connectivity index (χ0) is 19.2. The van der Waals surface area contributed by atoms with E-state index in [0.717, 1.165) is 16.9 Å². The molecule has 3 aromatic carbocycles. The van der Waals surface area contributed by atoms with Gasteiger partial charge in [0.2, 0.25) is 5.90 Å². The van der Waals surface area contributed by atoms with E-state index in [1.807, 2.05) is 91.0 Å². The van der Waals surface area contributed by atoms with Crippen LogP contribution in [0, 0.1) is 5.41 Å². The van der Waals surface area contributed by atoms with Crippen LogP contribution in [-0.4, -0.2) is 17.3 Å². The maximum absolute atomic E-state index is 8.26. The third kappa shape index (κ3) is 3.91. The van der Waals surface area contributed by atoms with Gasteiger partial charge in [-0.15, -0.1) is 0 Å². The standard InChI is InChI=1S/C22H19N5O/c23-22-20(27-25-18-14-8-3-9-15-18)19(26-24-17-12-6-2-7-13-17)21(28-22)16-10-4-1-5-11-16/h1-15,21,23-25H/b23-22?,26-19-,27-20+/t21-/m0/s1. The van der Waals surface area contributed by atoms with Crippen LogP contribution in [0.1, 0.15) is 11.7 Å². The molecule has 1 aliphatic rings. The summed E-state index contributed by atoms with van der Waals surface area (Å²) in [4.78, 5) is 0. The fraction of sp³-hybridized carbons (Fsp3) is 0.0455. The van der Waals surface area contributed by atoms with Gasteiger partial charge in [0.15, 0.2) is 11.8 Å². The lowest BCUT2D eigenvalue weighted by Gasteiger charge is -2.10. The van der Waals surface area contributed by atoms with E-state index in [0.29, 0.717) is 11.4 Å². The summed E-state index contributed by atoms with van der Waals surface area (Å²) in [6.07, 6.45) is -0.499. The Balaban J connectivity index is 1.67. The highest BCUT2D eigenvalue weighted by atomic mass is 16.5. The molecule has 28 heavy (non-hydrogen) atoms. The lowest BCUT2D eigenvalue weighted by atomic mass is 10.0. The maximum atomic E-state index is 8.26. The molecule has 4 rings (SSSR count). The summed E-state index contributed by atoms with van der Waals surface area (Å²) >= 11 is 0. The molecular formula is C22H19N5O. The largest absolute Gasteiger partial charge is 0.461 e. The van der Waals surface area contributed by atoms with Crippen LogP contribution in [-0.2, 0) is 4.74 Å². The van der Waals surface area contributed by atoms with Gasteiger partial charge in [-0.05, 0) is 29.8 Å². The first-order valence-corrected chi connectivity index (χ1v) is 8.89. The summed E-state index contributed by atoms with van der Waals surface area (Å²) in [6.45, 7) is 0. The van der Waals surface area contributed by atoms with Crippen LogP contribution < -0.4 is 10.9 Å². The minimum absolute atomic E-state index is 0.0223. The minimum Gasteiger partial charge on any atom is -0.461 e. The molecule has 1 fully saturated rings. The second-order valence-electron chi connectivity index (χ2n) is 6.15. The van der Waals surface area contributed by atoms with Crippen molar-refractivity contribution in [3.8, 4) is 0 Å². The van der Waals surface area contributed by atoms with Crippen LogP contribution in [0.2, 0.25) is 0 Å². The van der Waals surface area contributed by atoms with Crippen molar-refractivity contribution in [2.45, 2.75) is 6.10 Å². The number of para-hydroxylation sites is 2. The first-order valence-electron chi connectivity index (χ1n) is 8.89. The number of nitrogens with zero attached hydrogens (tertiary/aromatic N) is 2. The van der Waals surface area contributed by atoms with Crippen molar-refractivity contribution >= 4 is 28.7 Å². The molecule has 0 saturated carbocycles. The lowest BCUT2D eigenvalue weighted by molar-refractivity contribution is 0.275. The van der Waals surface area contributed by atoms with E-state index in [1.54, 1.807) is 0 Å². The molecule has 0 aliphatic carbocycles. The summed E-state index contributed by atoms with van der Waals surface area (Å²) in [5, 5.41) is 17.2. The number of hydrazone groups is 2. The zero-order valence-corrected chi connectivity index (χ0v) is 15.0. The highest BCUT2D eigenvalue weighted by molar-refractivity contribution is 6.69. The monoisotopic (exact) mass is 369 g/mol. The number of hydrogen-bond donors (Lipinski definition) is 3. The highest BCUT2D eigenvalue weighted by Crippen LogP contribution is 2.27. The van der Waals surface area contributed by atoms with E-state index in [1.165, 1.54) is 0 Å². The Morgan fingerprint density at radius 1 is 0.679 bits per heavy atom. The van der Waals surface area contributed by atoms with E-state index in [2.05, 4.69) is 21.1 Å². The van der Waals surface area contributed by atoms with Crippen molar-refractivity contribution < 1.29 is 4.74 Å². The minimum atomic E-state index is -0.499. The second kappa shape index (κ2) is 8.18. The van der Waals surface area contributed by atoms with Crippen LogP contribution in [0.25, 0.3) is 0 Å². The molecule has 3 N–H and O–H groups in total. The van der Waals surface area contributed by atoms with Gasteiger partial charge < -0.3 is 4.74 Å². The SMILES string of the molecule is N=C1O[C@@H](c2ccccc2)C(=N\Nc2ccccc2)/C1=N\Nc1ccccc1. The molecule has 1 atom stereocenters. The van der Waals surface area contributed by atoms with E-state index in [9.17, 15) is 0 Å². The Morgan fingerprint density at radius 3 is 1.75 bits per heavy atom. The van der Waals surface area contributed by atoms with Gasteiger partial charge in [0.1, 0.15) is 5.71 Å². The molecule has 1 heterocycles. The van der Waals surface area contributed by atoms with Gasteiger partial charge in [0.05, 0.1) is 11.4 Å². The Labute approximate surface area is 163 Å². The molecule has 138 valence electrons. The number of rotatable bonds is 5. The van der Waals surface area contributed by atoms with Crippen LogP contribution in [0.3, 0.4) is 0 Å². The van der Waals surface area contributed by atoms with Crippen molar-refractivity contribution in [3.63, 3.8) is 0 Å². The molecule has 6 nitrogen and oxygen atoms in total. The van der Waals surface area contributed by atoms with Crippen LogP contribution >= 0.6 is 0 Å². The molecule has 1 saturated heterocycles. The first-order chi connectivity index (χ1) is 13.8. The summed E-state index contributed by atoms with van der Waals surface area (Å²) in [5.41, 5.74) is 9.49. The average Bonchev–Trinajstić information content (AvgIpc) is 3.08. The van der Waals surface area contributed by atoms with Gasteiger partial charge in [-0.25, -0.2) is 0 Å². The van der Waals surface area contributed by atoms with Crippen molar-refractivity contribution in [1.29, 1.82) is 5.41 Å². The zero-order valence-electron chi connectivity index (χ0n) is 15.0. The van der Waals surface area contributed by atoms with Gasteiger partial charge in [-0.1, -0.05) is 66.7 Å². The third-order valence-electron chi connectivity index (χ3n) is 4.19. The maximum Gasteiger partial charge on any atom is 0.237 e. The molecule has 0 radical (unpaired) electrons. The van der Waals surface area contributed by atoms with Gasteiger partial charge in [-0.3, -0.25) is 16.3 Å². The average molecular weight is 369 g/mol. The molecule has 3 aromatic rings. The van der Waals surface area contributed by atoms with Gasteiger partial charge in [0.25, 0.3) is 0 Å². The molecule has 0 spiro atoms. The van der Waals surface area contributed by atoms with Crippen LogP contribution in [0.5, 0.6) is 0 Å². The van der Waals surface area contributed by atoms with Crippen LogP contribution in [0.4, 0.5) is 11.4 Å².